The largest absolute Gasteiger partial charge is 0.497 e. The fourth-order valence-corrected chi connectivity index (χ4v) is 3.37. The van der Waals surface area contributed by atoms with Crippen LogP contribution in [0.4, 0.5) is 5.69 Å². The van der Waals surface area contributed by atoms with E-state index in [0.29, 0.717) is 28.7 Å². The number of aryl methyl sites for hydroxylation is 1. The van der Waals surface area contributed by atoms with E-state index < -0.39 is 0 Å². The van der Waals surface area contributed by atoms with Crippen molar-refractivity contribution in [2.75, 3.05) is 19.4 Å². The van der Waals surface area contributed by atoms with Gasteiger partial charge in [0.05, 0.1) is 30.6 Å². The topological polar surface area (TPSA) is 101 Å². The molecule has 142 valence electrons. The number of ether oxygens (including phenoxy) is 2. The van der Waals surface area contributed by atoms with Gasteiger partial charge in [-0.25, -0.2) is 0 Å². The van der Waals surface area contributed by atoms with E-state index >= 15 is 0 Å². The van der Waals surface area contributed by atoms with Crippen LogP contribution >= 0.6 is 11.8 Å². The molecular weight excluding hydrogens is 370 g/mol. The van der Waals surface area contributed by atoms with Crippen molar-refractivity contribution in [1.82, 2.24) is 10.2 Å². The Morgan fingerprint density at radius 3 is 2.56 bits per heavy atom. The van der Waals surface area contributed by atoms with Gasteiger partial charge in [-0.15, -0.1) is 27.2 Å². The van der Waals surface area contributed by atoms with Crippen molar-refractivity contribution in [2.24, 2.45) is 0 Å². The molecule has 0 aliphatic heterocycles. The molecule has 2 N–H and O–H groups in total. The zero-order valence-electron chi connectivity index (χ0n) is 15.0. The van der Waals surface area contributed by atoms with Crippen molar-refractivity contribution in [3.05, 3.63) is 47.9 Å². The first kappa shape index (κ1) is 19.0. The third kappa shape index (κ3) is 4.33. The number of thioether (sulfide) groups is 1. The molecule has 3 aromatic rings. The summed E-state index contributed by atoms with van der Waals surface area (Å²) in [5.74, 6) is 2.77. The summed E-state index contributed by atoms with van der Waals surface area (Å²) in [6.07, 6.45) is 0. The molecule has 8 nitrogen and oxygen atoms in total. The van der Waals surface area contributed by atoms with Crippen molar-refractivity contribution in [2.45, 2.75) is 17.6 Å². The van der Waals surface area contributed by atoms with E-state index in [4.69, 9.17) is 24.3 Å². The first-order chi connectivity index (χ1) is 13.0. The zero-order chi connectivity index (χ0) is 19.4. The maximum atomic E-state index is 9.14. The van der Waals surface area contributed by atoms with Crippen LogP contribution in [-0.2, 0) is 5.75 Å². The van der Waals surface area contributed by atoms with Crippen LogP contribution in [0.1, 0.15) is 11.5 Å². The van der Waals surface area contributed by atoms with Crippen LogP contribution in [0, 0.1) is 6.92 Å². The SMILES string of the molecule is COc1ccc(OC)c(SCc2nnc(-c3ccc(N(O)O)c(C)c3)o2)c1. The Labute approximate surface area is 160 Å². The van der Waals surface area contributed by atoms with Crippen LogP contribution in [0.3, 0.4) is 0 Å². The van der Waals surface area contributed by atoms with Crippen LogP contribution in [-0.4, -0.2) is 34.8 Å². The molecule has 0 fully saturated rings. The number of benzene rings is 2. The number of nitrogens with zero attached hydrogens (tertiary/aromatic N) is 3. The molecule has 0 spiro atoms. The van der Waals surface area contributed by atoms with E-state index in [0.717, 1.165) is 16.4 Å². The van der Waals surface area contributed by atoms with Crippen LogP contribution in [0.15, 0.2) is 45.7 Å². The summed E-state index contributed by atoms with van der Waals surface area (Å²) < 4.78 is 16.3. The van der Waals surface area contributed by atoms with E-state index in [1.807, 2.05) is 18.2 Å². The van der Waals surface area contributed by atoms with E-state index in [1.54, 1.807) is 39.3 Å². The third-order valence-corrected chi connectivity index (χ3v) is 4.87. The van der Waals surface area contributed by atoms with Crippen molar-refractivity contribution in [1.29, 1.82) is 0 Å². The molecule has 0 aliphatic carbocycles. The van der Waals surface area contributed by atoms with Crippen LogP contribution in [0.25, 0.3) is 11.5 Å². The first-order valence-corrected chi connectivity index (χ1v) is 8.96. The van der Waals surface area contributed by atoms with Gasteiger partial charge in [0.2, 0.25) is 11.8 Å². The molecule has 9 heteroatoms. The van der Waals surface area contributed by atoms with E-state index in [2.05, 4.69) is 10.2 Å². The number of methoxy groups -OCH3 is 2. The van der Waals surface area contributed by atoms with Crippen molar-refractivity contribution in [3.63, 3.8) is 0 Å². The van der Waals surface area contributed by atoms with Gasteiger partial charge in [0.1, 0.15) is 11.5 Å². The Bertz CT molecular complexity index is 929. The van der Waals surface area contributed by atoms with E-state index in [-0.39, 0.29) is 10.9 Å². The predicted molar refractivity (Wildman–Crippen MR) is 99.6 cm³/mol. The average Bonchev–Trinajstić information content (AvgIpc) is 3.14. The lowest BCUT2D eigenvalue weighted by Gasteiger charge is -2.11. The van der Waals surface area contributed by atoms with Gasteiger partial charge in [0, 0.05) is 5.56 Å². The minimum atomic E-state index is 0.0799. The highest BCUT2D eigenvalue weighted by Crippen LogP contribution is 2.35. The Hall–Kier alpha value is -2.75. The lowest BCUT2D eigenvalue weighted by molar-refractivity contribution is 0.0288. The van der Waals surface area contributed by atoms with Gasteiger partial charge in [-0.05, 0) is 48.9 Å². The quantitative estimate of drug-likeness (QED) is 0.459. The normalized spacial score (nSPS) is 10.7. The molecule has 2 aromatic carbocycles. The van der Waals surface area contributed by atoms with Crippen LogP contribution in [0.2, 0.25) is 0 Å². The average molecular weight is 389 g/mol. The number of hydrogen-bond donors (Lipinski definition) is 2. The number of rotatable bonds is 7. The minimum absolute atomic E-state index is 0.0799. The summed E-state index contributed by atoms with van der Waals surface area (Å²) in [6, 6.07) is 10.5. The fourth-order valence-electron chi connectivity index (χ4n) is 2.48. The molecule has 1 heterocycles. The van der Waals surface area contributed by atoms with Crippen molar-refractivity contribution >= 4 is 17.4 Å². The number of aromatic nitrogens is 2. The second-order valence-corrected chi connectivity index (χ2v) is 6.61. The highest BCUT2D eigenvalue weighted by Gasteiger charge is 2.13. The minimum Gasteiger partial charge on any atom is -0.497 e. The third-order valence-electron chi connectivity index (χ3n) is 3.85. The molecular formula is C18H19N3O5S. The molecule has 0 radical (unpaired) electrons. The molecule has 0 unspecified atom stereocenters. The molecule has 3 rings (SSSR count). The second-order valence-electron chi connectivity index (χ2n) is 5.60. The Balaban J connectivity index is 1.74. The summed E-state index contributed by atoms with van der Waals surface area (Å²) in [5, 5.41) is 26.5. The molecule has 0 saturated heterocycles. The monoisotopic (exact) mass is 389 g/mol. The van der Waals surface area contributed by atoms with Gasteiger partial charge >= 0.3 is 0 Å². The van der Waals surface area contributed by atoms with Crippen molar-refractivity contribution in [3.8, 4) is 23.0 Å². The molecule has 0 saturated carbocycles. The van der Waals surface area contributed by atoms with Gasteiger partial charge in [0.25, 0.3) is 0 Å². The predicted octanol–water partition coefficient (Wildman–Crippen LogP) is 3.94. The standard InChI is InChI=1S/C18H19N3O5S/c1-11-8-12(4-6-14(11)21(22)23)18-20-19-17(26-18)10-27-16-9-13(24-2)5-7-15(16)25-3/h4-9,22-23H,10H2,1-3H3. The lowest BCUT2D eigenvalue weighted by atomic mass is 10.1. The van der Waals surface area contributed by atoms with Gasteiger partial charge < -0.3 is 13.9 Å². The molecule has 0 aliphatic rings. The molecule has 0 bridgehead atoms. The van der Waals surface area contributed by atoms with Crippen molar-refractivity contribution < 1.29 is 24.3 Å². The van der Waals surface area contributed by atoms with Gasteiger partial charge in [-0.2, -0.15) is 0 Å². The van der Waals surface area contributed by atoms with E-state index in [1.165, 1.54) is 11.8 Å². The maximum Gasteiger partial charge on any atom is 0.247 e. The summed E-state index contributed by atoms with van der Waals surface area (Å²) in [6.45, 7) is 1.75. The Kier molecular flexibility index (Phi) is 5.84. The van der Waals surface area contributed by atoms with Gasteiger partial charge in [-0.1, -0.05) is 0 Å². The maximum absolute atomic E-state index is 9.14. The van der Waals surface area contributed by atoms with Crippen LogP contribution < -0.4 is 14.7 Å². The summed E-state index contributed by atoms with van der Waals surface area (Å²) in [7, 11) is 3.23. The molecule has 0 amide bonds. The zero-order valence-corrected chi connectivity index (χ0v) is 15.9. The highest BCUT2D eigenvalue weighted by atomic mass is 32.2. The first-order valence-electron chi connectivity index (χ1n) is 7.98. The Morgan fingerprint density at radius 1 is 1.07 bits per heavy atom. The van der Waals surface area contributed by atoms with Gasteiger partial charge in [0.15, 0.2) is 0 Å². The molecule has 1 aromatic heterocycles. The number of anilines is 1. The van der Waals surface area contributed by atoms with Crippen LogP contribution in [0.5, 0.6) is 11.5 Å². The Morgan fingerprint density at radius 2 is 1.89 bits per heavy atom. The smallest absolute Gasteiger partial charge is 0.247 e. The summed E-state index contributed by atoms with van der Waals surface area (Å²) in [4.78, 5) is 0.905. The second kappa shape index (κ2) is 8.30. The number of hydrogen-bond acceptors (Lipinski definition) is 9. The summed E-state index contributed by atoms with van der Waals surface area (Å²) in [5.41, 5.74) is 1.63. The molecule has 27 heavy (non-hydrogen) atoms. The lowest BCUT2D eigenvalue weighted by Crippen LogP contribution is -2.12. The van der Waals surface area contributed by atoms with E-state index in [9.17, 15) is 0 Å². The fraction of sp³-hybridized carbons (Fsp3) is 0.222. The molecule has 0 atom stereocenters. The van der Waals surface area contributed by atoms with Gasteiger partial charge in [-0.3, -0.25) is 10.4 Å². The highest BCUT2D eigenvalue weighted by molar-refractivity contribution is 7.98. The summed E-state index contributed by atoms with van der Waals surface area (Å²) >= 11 is 1.50.